The molecule has 8 atom stereocenters. The lowest BCUT2D eigenvalue weighted by molar-refractivity contribution is -0.164. The Morgan fingerprint density at radius 3 is 2.40 bits per heavy atom. The lowest BCUT2D eigenvalue weighted by atomic mass is 9.74. The molecule has 2 fully saturated rings. The molecule has 48 heavy (non-hydrogen) atoms. The number of halogens is 2. The van der Waals surface area contributed by atoms with Crippen LogP contribution in [0.4, 0.5) is 5.69 Å². The standard InChI is InChI=1S/C36H39BrClN3O7/c1-4-24(20-42)41-32-34(45)40(25-16-14-23(38)15-17-25)18-10-6-9-13-27(43)39(3)21(2)30(22-11-7-5-8-12-22)47-35(46)28-29(33(41)44)36(32)19-26(37)31(28)48-36/h5-8,10-12,14-17,19,21,24,28-32,42H,4,9,13,18,20H2,1-3H3/b10-6-/t21-,24+,28+,29-,30+,31+,32+,36-/m1/s1. The van der Waals surface area contributed by atoms with Crippen molar-refractivity contribution in [2.75, 3.05) is 25.1 Å². The minimum Gasteiger partial charge on any atom is -0.455 e. The number of amides is 3. The van der Waals surface area contributed by atoms with Gasteiger partial charge in [0, 0.05) is 35.2 Å². The van der Waals surface area contributed by atoms with Crippen molar-refractivity contribution >= 4 is 56.9 Å². The number of likely N-dealkylation sites (tertiary alicyclic amines) is 1. The van der Waals surface area contributed by atoms with E-state index >= 15 is 0 Å². The van der Waals surface area contributed by atoms with E-state index in [2.05, 4.69) is 15.9 Å². The van der Waals surface area contributed by atoms with E-state index in [9.17, 15) is 24.3 Å². The van der Waals surface area contributed by atoms with Crippen LogP contribution in [0, 0.1) is 11.8 Å². The average Bonchev–Trinajstić information content (AvgIpc) is 3.68. The molecular formula is C36H39BrClN3O7. The molecule has 0 radical (unpaired) electrons. The largest absolute Gasteiger partial charge is 0.455 e. The molecule has 2 aromatic carbocycles. The van der Waals surface area contributed by atoms with Crippen molar-refractivity contribution in [3.63, 3.8) is 0 Å². The number of likely N-dealkylation sites (N-methyl/N-ethyl adjacent to an activating group) is 1. The summed E-state index contributed by atoms with van der Waals surface area (Å²) < 4.78 is 13.5. The highest BCUT2D eigenvalue weighted by molar-refractivity contribution is 9.11. The molecular weight excluding hydrogens is 702 g/mol. The van der Waals surface area contributed by atoms with Crippen molar-refractivity contribution in [1.82, 2.24) is 9.80 Å². The Morgan fingerprint density at radius 1 is 1.02 bits per heavy atom. The first-order chi connectivity index (χ1) is 23.0. The van der Waals surface area contributed by atoms with E-state index in [1.807, 2.05) is 56.3 Å². The van der Waals surface area contributed by atoms with Gasteiger partial charge in [-0.3, -0.25) is 19.2 Å². The van der Waals surface area contributed by atoms with Crippen LogP contribution in [0.5, 0.6) is 0 Å². The predicted octanol–water partition coefficient (Wildman–Crippen LogP) is 4.80. The number of ether oxygens (including phenoxy) is 2. The van der Waals surface area contributed by atoms with Gasteiger partial charge in [0.1, 0.15) is 29.8 Å². The molecule has 1 spiro atoms. The third-order valence-corrected chi connectivity index (χ3v) is 11.1. The van der Waals surface area contributed by atoms with Gasteiger partial charge in [0.2, 0.25) is 11.8 Å². The molecule has 2 saturated heterocycles. The summed E-state index contributed by atoms with van der Waals surface area (Å²) in [5.74, 6) is -3.88. The second-order valence-corrected chi connectivity index (χ2v) is 14.1. The highest BCUT2D eigenvalue weighted by Crippen LogP contribution is 2.59. The highest BCUT2D eigenvalue weighted by Gasteiger charge is 2.75. The van der Waals surface area contributed by atoms with Gasteiger partial charge in [-0.15, -0.1) is 0 Å². The van der Waals surface area contributed by atoms with E-state index in [1.54, 1.807) is 47.2 Å². The number of esters is 1. The van der Waals surface area contributed by atoms with Gasteiger partial charge >= 0.3 is 5.97 Å². The summed E-state index contributed by atoms with van der Waals surface area (Å²) in [6, 6.07) is 13.5. The Labute approximate surface area is 293 Å². The normalized spacial score (nSPS) is 32.3. The van der Waals surface area contributed by atoms with Crippen molar-refractivity contribution in [3.8, 4) is 0 Å². The third kappa shape index (κ3) is 5.78. The second kappa shape index (κ2) is 13.8. The fraction of sp³-hybridized carbons (Fsp3) is 0.444. The summed E-state index contributed by atoms with van der Waals surface area (Å²) in [4.78, 5) is 61.9. The number of aliphatic hydroxyl groups is 1. The van der Waals surface area contributed by atoms with Crippen molar-refractivity contribution in [2.45, 2.75) is 69.0 Å². The minimum atomic E-state index is -1.51. The minimum absolute atomic E-state index is 0.131. The topological polar surface area (TPSA) is 117 Å². The first kappa shape index (κ1) is 34.4. The summed E-state index contributed by atoms with van der Waals surface area (Å²) >= 11 is 9.79. The van der Waals surface area contributed by atoms with E-state index in [-0.39, 0.29) is 25.5 Å². The molecule has 3 amide bonds. The van der Waals surface area contributed by atoms with E-state index in [1.165, 1.54) is 4.90 Å². The Bertz CT molecular complexity index is 1630. The van der Waals surface area contributed by atoms with Crippen LogP contribution in [0.25, 0.3) is 0 Å². The predicted molar refractivity (Wildman–Crippen MR) is 183 cm³/mol. The zero-order valence-electron chi connectivity index (χ0n) is 27.0. The summed E-state index contributed by atoms with van der Waals surface area (Å²) in [5.41, 5.74) is -0.271. The Balaban J connectivity index is 1.50. The van der Waals surface area contributed by atoms with Crippen LogP contribution in [0.3, 0.4) is 0 Å². The van der Waals surface area contributed by atoms with Crippen molar-refractivity contribution in [3.05, 3.63) is 87.9 Å². The van der Waals surface area contributed by atoms with Crippen LogP contribution in [0.15, 0.2) is 77.3 Å². The maximum Gasteiger partial charge on any atom is 0.313 e. The SMILES string of the molecule is CC[C@@H](CO)N1C(=O)[C@H]2[C@@H]3C(=O)O[C@H](c4ccccc4)[C@@H](C)N(C)C(=O)CC/C=C\CN(c4ccc(Cl)cc4)C(=O)[C@H]1[C@@]21C=C(Br)[C@@H]3O1. The summed E-state index contributed by atoms with van der Waals surface area (Å²) in [7, 11) is 1.69. The lowest BCUT2D eigenvalue weighted by Gasteiger charge is -2.38. The van der Waals surface area contributed by atoms with Gasteiger partial charge in [0.15, 0.2) is 0 Å². The fourth-order valence-corrected chi connectivity index (χ4v) is 8.37. The number of hydrogen-bond acceptors (Lipinski definition) is 7. The second-order valence-electron chi connectivity index (χ2n) is 12.8. The first-order valence-electron chi connectivity index (χ1n) is 16.3. The molecule has 6 rings (SSSR count). The van der Waals surface area contributed by atoms with Crippen molar-refractivity contribution in [1.29, 1.82) is 0 Å². The molecule has 0 aliphatic carbocycles. The number of fused-ring (bicyclic) bond motifs is 2. The number of hydrogen-bond donors (Lipinski definition) is 1. The lowest BCUT2D eigenvalue weighted by Crippen LogP contribution is -2.58. The molecule has 5 bridgehead atoms. The monoisotopic (exact) mass is 739 g/mol. The molecule has 0 aromatic heterocycles. The van der Waals surface area contributed by atoms with Crippen LogP contribution >= 0.6 is 27.5 Å². The number of anilines is 1. The highest BCUT2D eigenvalue weighted by atomic mass is 79.9. The number of cyclic esters (lactones) is 1. The van der Waals surface area contributed by atoms with Crippen molar-refractivity contribution < 1.29 is 33.8 Å². The Hall–Kier alpha value is -3.51. The molecule has 10 nitrogen and oxygen atoms in total. The molecule has 4 heterocycles. The molecule has 2 aromatic rings. The van der Waals surface area contributed by atoms with Gasteiger partial charge in [-0.25, -0.2) is 0 Å². The van der Waals surface area contributed by atoms with Gasteiger partial charge in [-0.2, -0.15) is 0 Å². The quantitative estimate of drug-likeness (QED) is 0.346. The number of nitrogens with zero attached hydrogens (tertiary/aromatic N) is 3. The van der Waals surface area contributed by atoms with Crippen LogP contribution in [0.1, 0.15) is 44.8 Å². The maximum atomic E-state index is 14.9. The summed E-state index contributed by atoms with van der Waals surface area (Å²) in [5, 5.41) is 11.0. The Morgan fingerprint density at radius 2 is 1.73 bits per heavy atom. The van der Waals surface area contributed by atoms with Gasteiger partial charge in [0.05, 0.1) is 24.6 Å². The molecule has 12 heteroatoms. The number of benzene rings is 2. The van der Waals surface area contributed by atoms with Crippen LogP contribution in [-0.4, -0.2) is 88.6 Å². The van der Waals surface area contributed by atoms with Gasteiger partial charge in [-0.05, 0) is 55.7 Å². The Kier molecular flexibility index (Phi) is 9.86. The number of rotatable bonds is 5. The number of allylic oxidation sites excluding steroid dienone is 1. The summed E-state index contributed by atoms with van der Waals surface area (Å²) in [6.07, 6.45) is 4.70. The molecule has 1 N–H and O–H groups in total. The van der Waals surface area contributed by atoms with Crippen LogP contribution < -0.4 is 4.90 Å². The zero-order valence-corrected chi connectivity index (χ0v) is 29.3. The molecule has 0 saturated carbocycles. The molecule has 4 aliphatic rings. The van der Waals surface area contributed by atoms with Gasteiger partial charge in [0.25, 0.3) is 5.91 Å². The van der Waals surface area contributed by atoms with E-state index < -0.39 is 65.6 Å². The van der Waals surface area contributed by atoms with Crippen molar-refractivity contribution in [2.24, 2.45) is 11.8 Å². The number of carbonyl (C=O) groups is 4. The molecule has 4 aliphatic heterocycles. The van der Waals surface area contributed by atoms with Crippen LogP contribution in [-0.2, 0) is 28.7 Å². The van der Waals surface area contributed by atoms with E-state index in [0.717, 1.165) is 0 Å². The van der Waals surface area contributed by atoms with E-state index in [0.29, 0.717) is 33.6 Å². The third-order valence-electron chi connectivity index (χ3n) is 10.1. The first-order valence-corrected chi connectivity index (χ1v) is 17.4. The molecule has 0 unspecified atom stereocenters. The van der Waals surface area contributed by atoms with E-state index in [4.69, 9.17) is 21.1 Å². The molecule has 254 valence electrons. The average molecular weight is 741 g/mol. The van der Waals surface area contributed by atoms with Gasteiger partial charge in [-0.1, -0.05) is 76.9 Å². The summed E-state index contributed by atoms with van der Waals surface area (Å²) in [6.45, 7) is 3.41. The number of aliphatic hydroxyl groups excluding tert-OH is 1. The zero-order chi connectivity index (χ0) is 34.3. The fourth-order valence-electron chi connectivity index (χ4n) is 7.51. The number of carbonyl (C=O) groups excluding carboxylic acids is 4. The van der Waals surface area contributed by atoms with Gasteiger partial charge < -0.3 is 29.3 Å². The van der Waals surface area contributed by atoms with Crippen LogP contribution in [0.2, 0.25) is 5.02 Å². The smallest absolute Gasteiger partial charge is 0.313 e. The maximum absolute atomic E-state index is 14.9.